The van der Waals surface area contributed by atoms with Crippen LogP contribution in [-0.2, 0) is 9.47 Å². The maximum Gasteiger partial charge on any atom is 0.121 e. The predicted octanol–water partition coefficient (Wildman–Crippen LogP) is 2.83. The number of hydrogen-bond donors (Lipinski definition) is 0. The summed E-state index contributed by atoms with van der Waals surface area (Å²) in [6, 6.07) is 0.405. The summed E-state index contributed by atoms with van der Waals surface area (Å²) in [6.07, 6.45) is 2.18. The van der Waals surface area contributed by atoms with E-state index in [0.29, 0.717) is 6.04 Å². The van der Waals surface area contributed by atoms with Gasteiger partial charge in [0.1, 0.15) is 5.76 Å². The van der Waals surface area contributed by atoms with Gasteiger partial charge in [0.15, 0.2) is 0 Å². The van der Waals surface area contributed by atoms with E-state index < -0.39 is 0 Å². The molecule has 0 aromatic rings. The van der Waals surface area contributed by atoms with Gasteiger partial charge in [-0.2, -0.15) is 0 Å². The monoisotopic (exact) mass is 294 g/mol. The number of allylic oxidation sites excluding steroid dienone is 1. The average molecular weight is 294 g/mol. The van der Waals surface area contributed by atoms with Crippen molar-refractivity contribution >= 4 is 0 Å². The van der Waals surface area contributed by atoms with Gasteiger partial charge in [-0.25, -0.2) is 0 Å². The molecule has 1 saturated heterocycles. The standard InChI is InChI=1S/C17H30N2O2/c1-7-18-12-15(20-6)17(4,5)13(2)16(18)14(3)19-8-10-21-11-9-19/h12,14H,7-11H2,1-6H3. The van der Waals surface area contributed by atoms with Gasteiger partial charge >= 0.3 is 0 Å². The van der Waals surface area contributed by atoms with E-state index in [9.17, 15) is 0 Å². The maximum absolute atomic E-state index is 5.63. The molecule has 120 valence electrons. The third kappa shape index (κ3) is 2.97. The van der Waals surface area contributed by atoms with Crippen molar-refractivity contribution in [2.45, 2.75) is 40.7 Å². The summed E-state index contributed by atoms with van der Waals surface area (Å²) in [7, 11) is 1.77. The Morgan fingerprint density at radius 2 is 1.95 bits per heavy atom. The van der Waals surface area contributed by atoms with Crippen molar-refractivity contribution in [1.29, 1.82) is 0 Å². The lowest BCUT2D eigenvalue weighted by Crippen LogP contribution is -2.47. The first kappa shape index (κ1) is 16.4. The highest BCUT2D eigenvalue weighted by Crippen LogP contribution is 2.42. The van der Waals surface area contributed by atoms with E-state index in [1.807, 2.05) is 0 Å². The molecule has 0 radical (unpaired) electrons. The smallest absolute Gasteiger partial charge is 0.121 e. The fourth-order valence-corrected chi connectivity index (χ4v) is 3.35. The first-order valence-electron chi connectivity index (χ1n) is 7.99. The fraction of sp³-hybridized carbons (Fsp3) is 0.765. The molecule has 0 bridgehead atoms. The normalized spacial score (nSPS) is 24.9. The van der Waals surface area contributed by atoms with E-state index in [2.05, 4.69) is 50.6 Å². The van der Waals surface area contributed by atoms with Crippen LogP contribution in [0.1, 0.15) is 34.6 Å². The van der Waals surface area contributed by atoms with Crippen LogP contribution in [0.25, 0.3) is 0 Å². The van der Waals surface area contributed by atoms with Gasteiger partial charge in [0.05, 0.1) is 20.3 Å². The van der Waals surface area contributed by atoms with Crippen LogP contribution >= 0.6 is 0 Å². The second-order valence-electron chi connectivity index (χ2n) is 6.44. The molecule has 2 aliphatic heterocycles. The summed E-state index contributed by atoms with van der Waals surface area (Å²) in [5.74, 6) is 1.04. The molecule has 1 unspecified atom stereocenters. The van der Waals surface area contributed by atoms with Crippen LogP contribution in [0.4, 0.5) is 0 Å². The Morgan fingerprint density at radius 1 is 1.33 bits per heavy atom. The number of rotatable bonds is 4. The van der Waals surface area contributed by atoms with E-state index >= 15 is 0 Å². The number of ether oxygens (including phenoxy) is 2. The highest BCUT2D eigenvalue weighted by molar-refractivity contribution is 5.34. The van der Waals surface area contributed by atoms with Gasteiger partial charge in [-0.1, -0.05) is 0 Å². The minimum atomic E-state index is -0.0453. The van der Waals surface area contributed by atoms with E-state index in [1.165, 1.54) is 11.3 Å². The van der Waals surface area contributed by atoms with Gasteiger partial charge in [0.2, 0.25) is 0 Å². The van der Waals surface area contributed by atoms with Crippen molar-refractivity contribution < 1.29 is 9.47 Å². The van der Waals surface area contributed by atoms with Crippen molar-refractivity contribution in [3.05, 3.63) is 23.2 Å². The number of morpholine rings is 1. The van der Waals surface area contributed by atoms with Gasteiger partial charge in [-0.3, -0.25) is 4.90 Å². The lowest BCUT2D eigenvalue weighted by atomic mass is 9.78. The second kappa shape index (κ2) is 6.41. The van der Waals surface area contributed by atoms with Crippen molar-refractivity contribution in [3.8, 4) is 0 Å². The summed E-state index contributed by atoms with van der Waals surface area (Å²) < 4.78 is 11.1. The molecule has 2 aliphatic rings. The van der Waals surface area contributed by atoms with Gasteiger partial charge in [-0.05, 0) is 40.2 Å². The Kier molecular flexibility index (Phi) is 4.99. The van der Waals surface area contributed by atoms with Crippen LogP contribution in [0, 0.1) is 5.41 Å². The summed E-state index contributed by atoms with van der Waals surface area (Å²) in [4.78, 5) is 4.87. The van der Waals surface area contributed by atoms with Crippen LogP contribution in [0.3, 0.4) is 0 Å². The quantitative estimate of drug-likeness (QED) is 0.796. The van der Waals surface area contributed by atoms with Gasteiger partial charge < -0.3 is 14.4 Å². The third-order valence-electron chi connectivity index (χ3n) is 5.07. The molecule has 0 N–H and O–H groups in total. The van der Waals surface area contributed by atoms with Crippen molar-refractivity contribution in [2.24, 2.45) is 5.41 Å². The molecular formula is C17H30N2O2. The van der Waals surface area contributed by atoms with Gasteiger partial charge in [0.25, 0.3) is 0 Å². The molecular weight excluding hydrogens is 264 g/mol. The molecule has 1 fully saturated rings. The lowest BCUT2D eigenvalue weighted by molar-refractivity contribution is 0.0217. The first-order chi connectivity index (χ1) is 9.93. The molecule has 21 heavy (non-hydrogen) atoms. The predicted molar refractivity (Wildman–Crippen MR) is 85.8 cm³/mol. The minimum Gasteiger partial charge on any atom is -0.499 e. The molecule has 0 aliphatic carbocycles. The van der Waals surface area contributed by atoms with Crippen molar-refractivity contribution in [1.82, 2.24) is 9.80 Å². The van der Waals surface area contributed by atoms with Crippen LogP contribution in [-0.4, -0.2) is 55.8 Å². The summed E-state index contributed by atoms with van der Waals surface area (Å²) in [6.45, 7) is 15.9. The zero-order valence-corrected chi connectivity index (χ0v) is 14.4. The Labute approximate surface area is 129 Å². The molecule has 0 saturated carbocycles. The van der Waals surface area contributed by atoms with Crippen molar-refractivity contribution in [2.75, 3.05) is 40.0 Å². The van der Waals surface area contributed by atoms with Crippen LogP contribution in [0.5, 0.6) is 0 Å². The van der Waals surface area contributed by atoms with Crippen LogP contribution in [0.15, 0.2) is 23.2 Å². The Balaban J connectivity index is 2.34. The molecule has 0 aromatic carbocycles. The number of likely N-dealkylation sites (N-methyl/N-ethyl adjacent to an activating group) is 1. The number of hydrogen-bond acceptors (Lipinski definition) is 4. The number of methoxy groups -OCH3 is 1. The first-order valence-corrected chi connectivity index (χ1v) is 7.99. The largest absolute Gasteiger partial charge is 0.499 e. The van der Waals surface area contributed by atoms with E-state index in [0.717, 1.165) is 38.6 Å². The molecule has 0 spiro atoms. The fourth-order valence-electron chi connectivity index (χ4n) is 3.35. The Hall–Kier alpha value is -1.00. The highest BCUT2D eigenvalue weighted by Gasteiger charge is 2.37. The molecule has 1 atom stereocenters. The summed E-state index contributed by atoms with van der Waals surface area (Å²) >= 11 is 0. The van der Waals surface area contributed by atoms with E-state index in [-0.39, 0.29) is 5.41 Å². The molecule has 2 heterocycles. The zero-order chi connectivity index (χ0) is 15.6. The van der Waals surface area contributed by atoms with Crippen LogP contribution in [0.2, 0.25) is 0 Å². The highest BCUT2D eigenvalue weighted by atomic mass is 16.5. The molecule has 4 heteroatoms. The van der Waals surface area contributed by atoms with Crippen LogP contribution < -0.4 is 0 Å². The van der Waals surface area contributed by atoms with E-state index in [4.69, 9.17) is 9.47 Å². The maximum atomic E-state index is 5.63. The number of nitrogens with zero attached hydrogens (tertiary/aromatic N) is 2. The topological polar surface area (TPSA) is 24.9 Å². The molecule has 0 aromatic heterocycles. The van der Waals surface area contributed by atoms with E-state index in [1.54, 1.807) is 7.11 Å². The second-order valence-corrected chi connectivity index (χ2v) is 6.44. The van der Waals surface area contributed by atoms with Gasteiger partial charge in [0, 0.05) is 43.0 Å². The average Bonchev–Trinajstić information content (AvgIpc) is 2.50. The Morgan fingerprint density at radius 3 is 2.48 bits per heavy atom. The van der Waals surface area contributed by atoms with Crippen molar-refractivity contribution in [3.63, 3.8) is 0 Å². The Bertz CT molecular complexity index is 434. The van der Waals surface area contributed by atoms with Gasteiger partial charge in [-0.15, -0.1) is 0 Å². The zero-order valence-electron chi connectivity index (χ0n) is 14.4. The lowest BCUT2D eigenvalue weighted by Gasteiger charge is -2.44. The minimum absolute atomic E-state index is 0.0453. The molecule has 2 rings (SSSR count). The summed E-state index contributed by atoms with van der Waals surface area (Å²) in [5.41, 5.74) is 2.78. The SMILES string of the molecule is CCN1C=C(OC)C(C)(C)C(C)=C1C(C)N1CCOCC1. The third-order valence-corrected chi connectivity index (χ3v) is 5.07. The summed E-state index contributed by atoms with van der Waals surface area (Å²) in [5, 5.41) is 0. The molecule has 0 amide bonds. The molecule has 4 nitrogen and oxygen atoms in total.